The fraction of sp³-hybridized carbons (Fsp3) is 0.333. The summed E-state index contributed by atoms with van der Waals surface area (Å²) in [5.41, 5.74) is 5.75. The van der Waals surface area contributed by atoms with Crippen molar-refractivity contribution in [3.05, 3.63) is 58.7 Å². The maximum atomic E-state index is 5.78. The summed E-state index contributed by atoms with van der Waals surface area (Å²) >= 11 is 0. The molecule has 3 aliphatic heterocycles. The van der Waals surface area contributed by atoms with Crippen molar-refractivity contribution in [2.75, 3.05) is 13.3 Å². The van der Waals surface area contributed by atoms with E-state index in [0.29, 0.717) is 12.8 Å². The summed E-state index contributed by atoms with van der Waals surface area (Å²) in [6, 6.07) is 13.5. The third kappa shape index (κ3) is 1.64. The summed E-state index contributed by atoms with van der Waals surface area (Å²) in [4.78, 5) is 2.59. The van der Waals surface area contributed by atoms with Gasteiger partial charge in [-0.25, -0.2) is 0 Å². The zero-order valence-corrected chi connectivity index (χ0v) is 11.8. The molecule has 21 heavy (non-hydrogen) atoms. The first-order valence-corrected chi connectivity index (χ1v) is 7.62. The van der Waals surface area contributed by atoms with Crippen LogP contribution in [0.5, 0.6) is 11.5 Å². The van der Waals surface area contributed by atoms with E-state index in [2.05, 4.69) is 41.3 Å². The van der Waals surface area contributed by atoms with Crippen molar-refractivity contribution >= 4 is 0 Å². The van der Waals surface area contributed by atoms with Gasteiger partial charge in [-0.2, -0.15) is 0 Å². The minimum atomic E-state index is 0.356. The van der Waals surface area contributed by atoms with E-state index in [4.69, 9.17) is 9.47 Å². The Bertz CT molecular complexity index is 725. The molecule has 3 heteroatoms. The van der Waals surface area contributed by atoms with Crippen LogP contribution in [0.2, 0.25) is 0 Å². The van der Waals surface area contributed by atoms with Crippen LogP contribution >= 0.6 is 0 Å². The average Bonchev–Trinajstić information content (AvgIpc) is 3.01. The molecule has 0 saturated heterocycles. The van der Waals surface area contributed by atoms with Gasteiger partial charge in [0.15, 0.2) is 11.5 Å². The number of hydrogen-bond acceptors (Lipinski definition) is 3. The Morgan fingerprint density at radius 1 is 0.952 bits per heavy atom. The molecule has 0 amide bonds. The summed E-state index contributed by atoms with van der Waals surface area (Å²) < 4.78 is 11.4. The van der Waals surface area contributed by atoms with Crippen LogP contribution in [0, 0.1) is 0 Å². The van der Waals surface area contributed by atoms with Gasteiger partial charge >= 0.3 is 0 Å². The van der Waals surface area contributed by atoms with Gasteiger partial charge in [0.05, 0.1) is 0 Å². The lowest BCUT2D eigenvalue weighted by molar-refractivity contribution is 0.149. The number of ether oxygens (including phenoxy) is 2. The van der Waals surface area contributed by atoms with Gasteiger partial charge in [-0.05, 0) is 35.6 Å². The van der Waals surface area contributed by atoms with E-state index in [0.717, 1.165) is 37.4 Å². The molecule has 0 saturated carbocycles. The average molecular weight is 279 g/mol. The Balaban J connectivity index is 1.65. The molecule has 0 aromatic heterocycles. The van der Waals surface area contributed by atoms with Crippen molar-refractivity contribution in [3.8, 4) is 11.5 Å². The van der Waals surface area contributed by atoms with Crippen molar-refractivity contribution in [3.63, 3.8) is 0 Å². The molecular formula is C18H17NO2. The van der Waals surface area contributed by atoms with E-state index in [1.807, 2.05) is 0 Å². The van der Waals surface area contributed by atoms with Gasteiger partial charge < -0.3 is 9.47 Å². The zero-order chi connectivity index (χ0) is 13.8. The lowest BCUT2D eigenvalue weighted by atomic mass is 9.83. The van der Waals surface area contributed by atoms with E-state index in [9.17, 15) is 0 Å². The highest BCUT2D eigenvalue weighted by Gasteiger charge is 2.36. The topological polar surface area (TPSA) is 21.7 Å². The van der Waals surface area contributed by atoms with E-state index >= 15 is 0 Å². The molecule has 3 nitrogen and oxygen atoms in total. The van der Waals surface area contributed by atoms with Crippen LogP contribution in [0.25, 0.3) is 0 Å². The van der Waals surface area contributed by atoms with Crippen LogP contribution in [0.4, 0.5) is 0 Å². The predicted octanol–water partition coefficient (Wildman–Crippen LogP) is 3.07. The largest absolute Gasteiger partial charge is 0.454 e. The molecule has 1 atom stereocenters. The molecule has 1 unspecified atom stereocenters. The number of nitrogens with zero attached hydrogens (tertiary/aromatic N) is 1. The van der Waals surface area contributed by atoms with E-state index in [1.165, 1.54) is 22.3 Å². The third-order valence-electron chi connectivity index (χ3n) is 5.02. The Hall–Kier alpha value is -2.00. The maximum absolute atomic E-state index is 5.78. The van der Waals surface area contributed by atoms with Gasteiger partial charge in [-0.3, -0.25) is 4.90 Å². The number of hydrogen-bond donors (Lipinski definition) is 0. The standard InChI is InChI=1S/C18H17NO2/c1-2-4-14-10-19-8-7-12-5-6-16-18(21-11-20-16)17(12)15(19)9-13(14)3-1/h1-6,15H,7-11H2. The number of rotatable bonds is 0. The molecule has 0 fully saturated rings. The van der Waals surface area contributed by atoms with Crippen LogP contribution in [0.1, 0.15) is 28.3 Å². The van der Waals surface area contributed by atoms with E-state index in [-0.39, 0.29) is 0 Å². The monoisotopic (exact) mass is 279 g/mol. The first-order chi connectivity index (χ1) is 10.4. The molecule has 2 aromatic rings. The second kappa shape index (κ2) is 4.25. The summed E-state index contributed by atoms with van der Waals surface area (Å²) in [6.45, 7) is 2.53. The lowest BCUT2D eigenvalue weighted by Crippen LogP contribution is -2.39. The third-order valence-corrected chi connectivity index (χ3v) is 5.02. The molecule has 0 radical (unpaired) electrons. The quantitative estimate of drug-likeness (QED) is 0.740. The highest BCUT2D eigenvalue weighted by molar-refractivity contribution is 5.55. The second-order valence-electron chi connectivity index (χ2n) is 6.08. The van der Waals surface area contributed by atoms with E-state index < -0.39 is 0 Å². The van der Waals surface area contributed by atoms with Crippen molar-refractivity contribution in [2.24, 2.45) is 0 Å². The Labute approximate surface area is 124 Å². The van der Waals surface area contributed by atoms with Crippen LogP contribution in [-0.2, 0) is 19.4 Å². The minimum Gasteiger partial charge on any atom is -0.454 e. The molecule has 0 N–H and O–H groups in total. The first kappa shape index (κ1) is 11.6. The molecule has 3 aliphatic rings. The van der Waals surface area contributed by atoms with Crippen LogP contribution < -0.4 is 9.47 Å². The van der Waals surface area contributed by atoms with E-state index in [1.54, 1.807) is 0 Å². The second-order valence-corrected chi connectivity index (χ2v) is 6.08. The van der Waals surface area contributed by atoms with Gasteiger partial charge in [-0.15, -0.1) is 0 Å². The van der Waals surface area contributed by atoms with Crippen LogP contribution in [0.15, 0.2) is 36.4 Å². The zero-order valence-electron chi connectivity index (χ0n) is 11.8. The van der Waals surface area contributed by atoms with Gasteiger partial charge in [-0.1, -0.05) is 30.3 Å². The smallest absolute Gasteiger partial charge is 0.231 e. The van der Waals surface area contributed by atoms with Crippen molar-refractivity contribution < 1.29 is 9.47 Å². The van der Waals surface area contributed by atoms with Crippen LogP contribution in [0.3, 0.4) is 0 Å². The summed E-state index contributed by atoms with van der Waals surface area (Å²) in [5, 5.41) is 0. The highest BCUT2D eigenvalue weighted by atomic mass is 16.7. The molecule has 106 valence electrons. The predicted molar refractivity (Wildman–Crippen MR) is 79.6 cm³/mol. The number of benzene rings is 2. The molecule has 2 aromatic carbocycles. The number of fused-ring (bicyclic) bond motifs is 6. The Morgan fingerprint density at radius 2 is 1.86 bits per heavy atom. The first-order valence-electron chi connectivity index (χ1n) is 7.62. The van der Waals surface area contributed by atoms with Gasteiger partial charge in [0.1, 0.15) is 0 Å². The van der Waals surface area contributed by atoms with Crippen molar-refractivity contribution in [1.82, 2.24) is 4.90 Å². The van der Waals surface area contributed by atoms with Gasteiger partial charge in [0, 0.05) is 24.7 Å². The van der Waals surface area contributed by atoms with Gasteiger partial charge in [0.2, 0.25) is 6.79 Å². The van der Waals surface area contributed by atoms with Crippen LogP contribution in [-0.4, -0.2) is 18.2 Å². The normalized spacial score (nSPS) is 22.4. The maximum Gasteiger partial charge on any atom is 0.231 e. The molecular weight excluding hydrogens is 262 g/mol. The highest BCUT2D eigenvalue weighted by Crippen LogP contribution is 2.47. The minimum absolute atomic E-state index is 0.356. The van der Waals surface area contributed by atoms with Crippen molar-refractivity contribution in [1.29, 1.82) is 0 Å². The Kier molecular flexibility index (Phi) is 2.35. The summed E-state index contributed by atoms with van der Waals surface area (Å²) in [5.74, 6) is 1.90. The molecule has 0 aliphatic carbocycles. The summed E-state index contributed by atoms with van der Waals surface area (Å²) in [6.07, 6.45) is 2.17. The van der Waals surface area contributed by atoms with Crippen molar-refractivity contribution in [2.45, 2.75) is 25.4 Å². The Morgan fingerprint density at radius 3 is 2.81 bits per heavy atom. The molecule has 0 bridgehead atoms. The molecule has 3 heterocycles. The molecule has 5 rings (SSSR count). The fourth-order valence-electron chi connectivity index (χ4n) is 3.98. The van der Waals surface area contributed by atoms with Gasteiger partial charge in [0.25, 0.3) is 0 Å². The molecule has 0 spiro atoms. The SMILES string of the molecule is c1ccc2c(c1)CC1c3c(ccc4c3OCO4)CCN1C2. The lowest BCUT2D eigenvalue weighted by Gasteiger charge is -2.41. The fourth-order valence-corrected chi connectivity index (χ4v) is 3.98. The summed E-state index contributed by atoms with van der Waals surface area (Å²) in [7, 11) is 0.